The van der Waals surface area contributed by atoms with Crippen LogP contribution in [0, 0.1) is 6.92 Å². The van der Waals surface area contributed by atoms with Gasteiger partial charge in [-0.05, 0) is 33.6 Å². The van der Waals surface area contributed by atoms with Crippen LogP contribution in [-0.2, 0) is 16.0 Å². The maximum atomic E-state index is 12.2. The van der Waals surface area contributed by atoms with Crippen LogP contribution < -0.4 is 5.32 Å². The van der Waals surface area contributed by atoms with Gasteiger partial charge in [0.1, 0.15) is 10.4 Å². The van der Waals surface area contributed by atoms with Crippen molar-refractivity contribution < 1.29 is 14.3 Å². The number of aryl methyl sites for hydroxylation is 2. The van der Waals surface area contributed by atoms with Crippen LogP contribution in [0.4, 0.5) is 0 Å². The number of hydrogen-bond acceptors (Lipinski definition) is 5. The Kier molecular flexibility index (Phi) is 5.68. The monoisotopic (exact) mass is 298 g/mol. The van der Waals surface area contributed by atoms with Crippen LogP contribution >= 0.6 is 11.3 Å². The van der Waals surface area contributed by atoms with E-state index in [9.17, 15) is 9.59 Å². The van der Waals surface area contributed by atoms with Crippen LogP contribution in [-0.4, -0.2) is 29.5 Å². The highest BCUT2D eigenvalue weighted by Crippen LogP contribution is 2.20. The standard InChI is InChI=1S/C14H22N2O3S/c1-6-7-8-10-15-9(2)11(20-10)12(17)16-14(3,4)13(18)19-5/h6-8H2,1-5H3,(H,16,17). The molecule has 0 fully saturated rings. The summed E-state index contributed by atoms with van der Waals surface area (Å²) in [5, 5.41) is 3.65. The van der Waals surface area contributed by atoms with Crippen molar-refractivity contribution in [2.45, 2.75) is 52.5 Å². The maximum Gasteiger partial charge on any atom is 0.330 e. The van der Waals surface area contributed by atoms with Crippen LogP contribution in [0.15, 0.2) is 0 Å². The van der Waals surface area contributed by atoms with E-state index in [0.717, 1.165) is 24.3 Å². The number of unbranched alkanes of at least 4 members (excludes halogenated alkanes) is 1. The predicted octanol–water partition coefficient (Wildman–Crippen LogP) is 2.48. The Morgan fingerprint density at radius 1 is 1.40 bits per heavy atom. The molecule has 0 saturated heterocycles. The first kappa shape index (κ1) is 16.6. The molecule has 0 radical (unpaired) electrons. The molecule has 0 atom stereocenters. The zero-order valence-corrected chi connectivity index (χ0v) is 13.5. The molecular formula is C14H22N2O3S. The number of thiazole rings is 1. The predicted molar refractivity (Wildman–Crippen MR) is 79.0 cm³/mol. The number of amides is 1. The molecule has 6 heteroatoms. The minimum atomic E-state index is -1.05. The van der Waals surface area contributed by atoms with Crippen molar-refractivity contribution in [2.24, 2.45) is 0 Å². The Balaban J connectivity index is 2.82. The molecule has 0 spiro atoms. The lowest BCUT2D eigenvalue weighted by Gasteiger charge is -2.22. The lowest BCUT2D eigenvalue weighted by Crippen LogP contribution is -2.50. The van der Waals surface area contributed by atoms with Gasteiger partial charge in [0.15, 0.2) is 0 Å². The summed E-state index contributed by atoms with van der Waals surface area (Å²) in [4.78, 5) is 28.8. The van der Waals surface area contributed by atoms with Crippen LogP contribution in [0.1, 0.15) is 54.0 Å². The van der Waals surface area contributed by atoms with E-state index in [2.05, 4.69) is 22.0 Å². The van der Waals surface area contributed by atoms with Crippen molar-refractivity contribution in [1.29, 1.82) is 0 Å². The lowest BCUT2D eigenvalue weighted by molar-refractivity contribution is -0.146. The van der Waals surface area contributed by atoms with E-state index in [-0.39, 0.29) is 5.91 Å². The quantitative estimate of drug-likeness (QED) is 0.819. The van der Waals surface area contributed by atoms with E-state index < -0.39 is 11.5 Å². The molecule has 0 unspecified atom stereocenters. The Labute approximate surface area is 123 Å². The van der Waals surface area contributed by atoms with Gasteiger partial charge in [0.05, 0.1) is 17.8 Å². The SMILES string of the molecule is CCCCc1nc(C)c(C(=O)NC(C)(C)C(=O)OC)s1. The van der Waals surface area contributed by atoms with Crippen molar-refractivity contribution in [3.63, 3.8) is 0 Å². The lowest BCUT2D eigenvalue weighted by atomic mass is 10.1. The number of nitrogens with one attached hydrogen (secondary N) is 1. The summed E-state index contributed by atoms with van der Waals surface area (Å²) < 4.78 is 4.67. The van der Waals surface area contributed by atoms with Gasteiger partial charge in [-0.15, -0.1) is 11.3 Å². The Bertz CT molecular complexity index is 495. The van der Waals surface area contributed by atoms with E-state index in [4.69, 9.17) is 0 Å². The van der Waals surface area contributed by atoms with Crippen LogP contribution in [0.5, 0.6) is 0 Å². The summed E-state index contributed by atoms with van der Waals surface area (Å²) in [7, 11) is 1.30. The second-order valence-corrected chi connectivity index (χ2v) is 6.28. The van der Waals surface area contributed by atoms with E-state index in [1.54, 1.807) is 13.8 Å². The van der Waals surface area contributed by atoms with Gasteiger partial charge in [-0.25, -0.2) is 9.78 Å². The van der Waals surface area contributed by atoms with Crippen molar-refractivity contribution in [3.8, 4) is 0 Å². The molecule has 1 amide bonds. The molecule has 1 heterocycles. The summed E-state index contributed by atoms with van der Waals surface area (Å²) in [5.41, 5.74) is -0.342. The fourth-order valence-corrected chi connectivity index (χ4v) is 2.75. The van der Waals surface area contributed by atoms with Gasteiger partial charge in [-0.2, -0.15) is 0 Å². The number of nitrogens with zero attached hydrogens (tertiary/aromatic N) is 1. The van der Waals surface area contributed by atoms with Crippen molar-refractivity contribution in [2.75, 3.05) is 7.11 Å². The summed E-state index contributed by atoms with van der Waals surface area (Å²) in [6.45, 7) is 7.16. The summed E-state index contributed by atoms with van der Waals surface area (Å²) in [5.74, 6) is -0.752. The summed E-state index contributed by atoms with van der Waals surface area (Å²) in [6, 6.07) is 0. The Morgan fingerprint density at radius 3 is 2.60 bits per heavy atom. The van der Waals surface area contributed by atoms with E-state index in [0.29, 0.717) is 10.6 Å². The highest BCUT2D eigenvalue weighted by Gasteiger charge is 2.31. The normalized spacial score (nSPS) is 11.2. The molecule has 0 aromatic carbocycles. The van der Waals surface area contributed by atoms with Gasteiger partial charge in [0.25, 0.3) is 5.91 Å². The first-order valence-corrected chi connectivity index (χ1v) is 7.50. The van der Waals surface area contributed by atoms with Gasteiger partial charge in [0, 0.05) is 0 Å². The summed E-state index contributed by atoms with van der Waals surface area (Å²) in [6.07, 6.45) is 3.03. The van der Waals surface area contributed by atoms with E-state index >= 15 is 0 Å². The zero-order chi connectivity index (χ0) is 15.3. The van der Waals surface area contributed by atoms with Crippen LogP contribution in [0.2, 0.25) is 0 Å². The minimum absolute atomic E-state index is 0.279. The first-order chi connectivity index (χ1) is 9.31. The van der Waals surface area contributed by atoms with Gasteiger partial charge in [-0.3, -0.25) is 4.79 Å². The number of carbonyl (C=O) groups excluding carboxylic acids is 2. The molecule has 20 heavy (non-hydrogen) atoms. The number of rotatable bonds is 6. The number of esters is 1. The fourth-order valence-electron chi connectivity index (χ4n) is 1.74. The molecule has 1 aromatic heterocycles. The highest BCUT2D eigenvalue weighted by atomic mass is 32.1. The fraction of sp³-hybridized carbons (Fsp3) is 0.643. The third-order valence-electron chi connectivity index (χ3n) is 2.91. The largest absolute Gasteiger partial charge is 0.467 e. The average molecular weight is 298 g/mol. The smallest absolute Gasteiger partial charge is 0.330 e. The molecule has 1 N–H and O–H groups in total. The number of aromatic nitrogens is 1. The van der Waals surface area contributed by atoms with Crippen molar-refractivity contribution in [1.82, 2.24) is 10.3 Å². The number of methoxy groups -OCH3 is 1. The molecule has 0 aliphatic rings. The van der Waals surface area contributed by atoms with Gasteiger partial charge in [0.2, 0.25) is 0 Å². The van der Waals surface area contributed by atoms with E-state index in [1.807, 2.05) is 6.92 Å². The number of ether oxygens (including phenoxy) is 1. The second-order valence-electron chi connectivity index (χ2n) is 5.20. The number of hydrogen-bond donors (Lipinski definition) is 1. The van der Waals surface area contributed by atoms with Crippen molar-refractivity contribution >= 4 is 23.2 Å². The Hall–Kier alpha value is -1.43. The maximum absolute atomic E-state index is 12.2. The van der Waals surface area contributed by atoms with Crippen LogP contribution in [0.25, 0.3) is 0 Å². The zero-order valence-electron chi connectivity index (χ0n) is 12.7. The van der Waals surface area contributed by atoms with Gasteiger partial charge < -0.3 is 10.1 Å². The molecule has 1 aromatic rings. The summed E-state index contributed by atoms with van der Waals surface area (Å²) >= 11 is 1.39. The third-order valence-corrected chi connectivity index (χ3v) is 4.13. The topological polar surface area (TPSA) is 68.3 Å². The van der Waals surface area contributed by atoms with Gasteiger partial charge >= 0.3 is 5.97 Å². The molecule has 1 rings (SSSR count). The molecular weight excluding hydrogens is 276 g/mol. The first-order valence-electron chi connectivity index (χ1n) is 6.69. The minimum Gasteiger partial charge on any atom is -0.467 e. The van der Waals surface area contributed by atoms with Gasteiger partial charge in [-0.1, -0.05) is 13.3 Å². The molecule has 5 nitrogen and oxygen atoms in total. The Morgan fingerprint density at radius 2 is 2.05 bits per heavy atom. The molecule has 0 aliphatic carbocycles. The molecule has 112 valence electrons. The molecule has 0 bridgehead atoms. The number of carbonyl (C=O) groups is 2. The third kappa shape index (κ3) is 4.03. The van der Waals surface area contributed by atoms with Crippen LogP contribution in [0.3, 0.4) is 0 Å². The second kappa shape index (κ2) is 6.83. The highest BCUT2D eigenvalue weighted by molar-refractivity contribution is 7.13. The average Bonchev–Trinajstić information content (AvgIpc) is 2.76. The van der Waals surface area contributed by atoms with Crippen molar-refractivity contribution in [3.05, 3.63) is 15.6 Å². The molecule has 0 aliphatic heterocycles. The van der Waals surface area contributed by atoms with E-state index in [1.165, 1.54) is 18.4 Å². The molecule has 0 saturated carbocycles.